The number of aromatic carboxylic acids is 1. The molecule has 2 atom stereocenters. The number of hydrogen-bond acceptors (Lipinski definition) is 5. The molecule has 4 heterocycles. The van der Waals surface area contributed by atoms with Crippen molar-refractivity contribution < 1.29 is 14.3 Å². The molecule has 2 aromatic heterocycles. The number of halogens is 2. The quantitative estimate of drug-likeness (QED) is 0.215. The molecule has 2 N–H and O–H groups in total. The van der Waals surface area contributed by atoms with Gasteiger partial charge in [-0.3, -0.25) is 4.98 Å². The predicted molar refractivity (Wildman–Crippen MR) is 166 cm³/mol. The largest absolute Gasteiger partial charge is 0.478 e. The highest BCUT2D eigenvalue weighted by Crippen LogP contribution is 2.45. The summed E-state index contributed by atoms with van der Waals surface area (Å²) in [5, 5.41) is 14.5. The lowest BCUT2D eigenvalue weighted by molar-refractivity contribution is 0.0697. The molecule has 0 aliphatic carbocycles. The molecule has 0 radical (unpaired) electrons. The minimum Gasteiger partial charge on any atom is -0.478 e. The van der Waals surface area contributed by atoms with E-state index < -0.39 is 12.0 Å². The second kappa shape index (κ2) is 11.4. The zero-order chi connectivity index (χ0) is 28.7. The van der Waals surface area contributed by atoms with E-state index in [0.717, 1.165) is 48.9 Å². The predicted octanol–water partition coefficient (Wildman–Crippen LogP) is 7.76. The van der Waals surface area contributed by atoms with Crippen LogP contribution < -0.4 is 15.1 Å². The maximum Gasteiger partial charge on any atom is 0.335 e. The van der Waals surface area contributed by atoms with Crippen molar-refractivity contribution in [3.63, 3.8) is 0 Å². The number of furan rings is 1. The van der Waals surface area contributed by atoms with E-state index in [2.05, 4.69) is 28.2 Å². The van der Waals surface area contributed by atoms with Gasteiger partial charge in [0.15, 0.2) is 5.11 Å². The second-order valence-corrected chi connectivity index (χ2v) is 11.7. The number of benzene rings is 2. The van der Waals surface area contributed by atoms with E-state index >= 15 is 0 Å². The molecule has 2 aliphatic heterocycles. The standard InChI is InChI=1S/C31H28Cl2N4O3S/c1-18-11-14-36(15-12-18)25-8-6-20(17-23(25)33)37-29(28(35-31(37)41)24-4-2-3-13-34-24)27-10-9-26(40-27)21-16-19(30(38)39)5-7-22(21)32/h2-10,13,16-18,28-29H,11-12,14-15H2,1H3,(H,35,41)(H,38,39)/t28-,29-/m0/s1. The smallest absolute Gasteiger partial charge is 0.335 e. The maximum atomic E-state index is 11.6. The fourth-order valence-corrected chi connectivity index (χ4v) is 6.43. The molecular weight excluding hydrogens is 579 g/mol. The van der Waals surface area contributed by atoms with Gasteiger partial charge in [-0.2, -0.15) is 0 Å². The van der Waals surface area contributed by atoms with Crippen molar-refractivity contribution in [3.05, 3.63) is 100.0 Å². The average molecular weight is 608 g/mol. The van der Waals surface area contributed by atoms with Crippen molar-refractivity contribution in [2.75, 3.05) is 22.9 Å². The van der Waals surface area contributed by atoms with Gasteiger partial charge in [-0.1, -0.05) is 36.2 Å². The minimum absolute atomic E-state index is 0.122. The topological polar surface area (TPSA) is 81.8 Å². The maximum absolute atomic E-state index is 11.6. The average Bonchev–Trinajstić information content (AvgIpc) is 3.59. The Morgan fingerprint density at radius 2 is 1.85 bits per heavy atom. The van der Waals surface area contributed by atoms with Crippen molar-refractivity contribution in [1.29, 1.82) is 0 Å². The van der Waals surface area contributed by atoms with Crippen LogP contribution in [-0.2, 0) is 0 Å². The van der Waals surface area contributed by atoms with Crippen molar-refractivity contribution in [1.82, 2.24) is 10.3 Å². The van der Waals surface area contributed by atoms with Gasteiger partial charge >= 0.3 is 5.97 Å². The zero-order valence-electron chi connectivity index (χ0n) is 22.3. The molecule has 2 fully saturated rings. The normalized spacial score (nSPS) is 19.4. The zero-order valence-corrected chi connectivity index (χ0v) is 24.6. The van der Waals surface area contributed by atoms with Gasteiger partial charge in [-0.25, -0.2) is 4.79 Å². The van der Waals surface area contributed by atoms with Crippen molar-refractivity contribution >= 4 is 57.9 Å². The van der Waals surface area contributed by atoms with Crippen LogP contribution in [0.5, 0.6) is 0 Å². The number of anilines is 2. The Kier molecular flexibility index (Phi) is 7.64. The number of nitrogens with one attached hydrogen (secondary N) is 1. The van der Waals surface area contributed by atoms with Gasteiger partial charge in [0.1, 0.15) is 17.6 Å². The Balaban J connectivity index is 1.39. The van der Waals surface area contributed by atoms with Crippen LogP contribution in [0.4, 0.5) is 11.4 Å². The first kappa shape index (κ1) is 27.6. The Hall–Kier alpha value is -3.59. The number of hydrogen-bond donors (Lipinski definition) is 2. The van der Waals surface area contributed by atoms with Crippen LogP contribution in [0.2, 0.25) is 10.0 Å². The van der Waals surface area contributed by atoms with Crippen molar-refractivity contribution in [2.24, 2.45) is 5.92 Å². The van der Waals surface area contributed by atoms with E-state index in [0.29, 0.717) is 32.2 Å². The van der Waals surface area contributed by atoms with Crippen LogP contribution in [0, 0.1) is 5.92 Å². The fraction of sp³-hybridized carbons (Fsp3) is 0.258. The van der Waals surface area contributed by atoms with E-state index in [1.54, 1.807) is 18.3 Å². The molecule has 10 heteroatoms. The summed E-state index contributed by atoms with van der Waals surface area (Å²) in [4.78, 5) is 20.5. The summed E-state index contributed by atoms with van der Waals surface area (Å²) in [6.07, 6.45) is 4.04. The molecule has 0 spiro atoms. The molecule has 0 bridgehead atoms. The highest BCUT2D eigenvalue weighted by Gasteiger charge is 2.43. The summed E-state index contributed by atoms with van der Waals surface area (Å²) >= 11 is 19.2. The molecule has 0 saturated carbocycles. The Bertz CT molecular complexity index is 1600. The third-order valence-corrected chi connectivity index (χ3v) is 8.78. The lowest BCUT2D eigenvalue weighted by Gasteiger charge is -2.33. The van der Waals surface area contributed by atoms with E-state index in [-0.39, 0.29) is 11.6 Å². The first-order valence-electron chi connectivity index (χ1n) is 13.5. The SMILES string of the molecule is CC1CCN(c2ccc(N3C(=S)N[C@@H](c4ccccn4)[C@@H]3c3ccc(-c4cc(C(=O)O)ccc4Cl)o3)cc2Cl)CC1. The van der Waals surface area contributed by atoms with Crippen LogP contribution >= 0.6 is 35.4 Å². The summed E-state index contributed by atoms with van der Waals surface area (Å²) in [5.74, 6) is 0.755. The molecule has 0 unspecified atom stereocenters. The lowest BCUT2D eigenvalue weighted by atomic mass is 9.98. The summed E-state index contributed by atoms with van der Waals surface area (Å²) in [5.41, 5.74) is 3.27. The molecule has 0 amide bonds. The number of pyridine rings is 1. The number of carbonyl (C=O) groups is 1. The summed E-state index contributed by atoms with van der Waals surface area (Å²) < 4.78 is 6.39. The van der Waals surface area contributed by atoms with E-state index in [9.17, 15) is 9.90 Å². The molecule has 4 aromatic rings. The van der Waals surface area contributed by atoms with Crippen LogP contribution in [0.3, 0.4) is 0 Å². The highest BCUT2D eigenvalue weighted by molar-refractivity contribution is 7.80. The molecule has 7 nitrogen and oxygen atoms in total. The van der Waals surface area contributed by atoms with Crippen LogP contribution in [0.15, 0.2) is 77.3 Å². The van der Waals surface area contributed by atoms with Crippen LogP contribution in [-0.4, -0.2) is 34.3 Å². The monoisotopic (exact) mass is 606 g/mol. The molecular formula is C31H28Cl2N4O3S. The molecule has 2 saturated heterocycles. The van der Waals surface area contributed by atoms with Gasteiger partial charge in [0.05, 0.1) is 33.0 Å². The van der Waals surface area contributed by atoms with Crippen molar-refractivity contribution in [3.8, 4) is 11.3 Å². The minimum atomic E-state index is -1.04. The first-order chi connectivity index (χ1) is 19.8. The molecule has 210 valence electrons. The summed E-state index contributed by atoms with van der Waals surface area (Å²) in [6.45, 7) is 4.25. The number of rotatable bonds is 6. The highest BCUT2D eigenvalue weighted by atomic mass is 35.5. The van der Waals surface area contributed by atoms with Gasteiger partial charge < -0.3 is 24.6 Å². The first-order valence-corrected chi connectivity index (χ1v) is 14.6. The number of aromatic nitrogens is 1. The molecule has 41 heavy (non-hydrogen) atoms. The van der Waals surface area contributed by atoms with E-state index in [4.69, 9.17) is 39.8 Å². The Morgan fingerprint density at radius 3 is 2.56 bits per heavy atom. The number of nitrogens with zero attached hydrogens (tertiary/aromatic N) is 3. The molecule has 6 rings (SSSR count). The Labute approximate surface area is 253 Å². The fourth-order valence-electron chi connectivity index (χ4n) is 5.58. The van der Waals surface area contributed by atoms with Gasteiger partial charge in [0, 0.05) is 30.5 Å². The van der Waals surface area contributed by atoms with E-state index in [1.165, 1.54) is 12.1 Å². The second-order valence-electron chi connectivity index (χ2n) is 10.5. The molecule has 2 aliphatic rings. The number of carboxylic acids is 1. The summed E-state index contributed by atoms with van der Waals surface area (Å²) in [7, 11) is 0. The van der Waals surface area contributed by atoms with Gasteiger partial charge in [0.25, 0.3) is 0 Å². The number of thiocarbonyl (C=S) groups is 1. The van der Waals surface area contributed by atoms with Gasteiger partial charge in [0.2, 0.25) is 0 Å². The third-order valence-electron chi connectivity index (χ3n) is 7.83. The van der Waals surface area contributed by atoms with Crippen molar-refractivity contribution in [2.45, 2.75) is 31.8 Å². The Morgan fingerprint density at radius 1 is 1.05 bits per heavy atom. The molecule has 2 aromatic carbocycles. The van der Waals surface area contributed by atoms with Crippen LogP contribution in [0.1, 0.15) is 53.7 Å². The van der Waals surface area contributed by atoms with Gasteiger partial charge in [-0.15, -0.1) is 0 Å². The third kappa shape index (κ3) is 5.39. The summed E-state index contributed by atoms with van der Waals surface area (Å²) in [6, 6.07) is 19.3. The van der Waals surface area contributed by atoms with E-state index in [1.807, 2.05) is 41.3 Å². The number of carboxylic acid groups (broad SMARTS) is 1. The van der Waals surface area contributed by atoms with Gasteiger partial charge in [-0.05, 0) is 91.6 Å². The number of piperidine rings is 1. The van der Waals surface area contributed by atoms with Crippen LogP contribution in [0.25, 0.3) is 11.3 Å². The lowest BCUT2D eigenvalue weighted by Crippen LogP contribution is -2.33.